The predicted octanol–water partition coefficient (Wildman–Crippen LogP) is 3.31. The molecule has 102 valence electrons. The highest BCUT2D eigenvalue weighted by atomic mass is 16.5. The molecule has 1 N–H and O–H groups in total. The van der Waals surface area contributed by atoms with Crippen LogP contribution in [-0.4, -0.2) is 17.6 Å². The zero-order valence-corrected chi connectivity index (χ0v) is 12.3. The van der Waals surface area contributed by atoms with Crippen LogP contribution in [0.5, 0.6) is 5.88 Å². The van der Waals surface area contributed by atoms with Crippen LogP contribution in [0.2, 0.25) is 0 Å². The predicted molar refractivity (Wildman–Crippen MR) is 75.9 cm³/mol. The Hall–Kier alpha value is -1.09. The Labute approximate surface area is 111 Å². The van der Waals surface area contributed by atoms with Gasteiger partial charge in [-0.2, -0.15) is 0 Å². The summed E-state index contributed by atoms with van der Waals surface area (Å²) in [4.78, 5) is 4.44. The van der Waals surface area contributed by atoms with Gasteiger partial charge in [0.2, 0.25) is 5.88 Å². The molecule has 1 unspecified atom stereocenters. The van der Waals surface area contributed by atoms with Crippen LogP contribution in [0, 0.1) is 12.8 Å². The van der Waals surface area contributed by atoms with Crippen molar-refractivity contribution in [3.05, 3.63) is 23.4 Å². The van der Waals surface area contributed by atoms with E-state index in [0.29, 0.717) is 5.92 Å². The number of hydrogen-bond donors (Lipinski definition) is 1. The molecule has 0 aliphatic rings. The molecule has 1 aromatic heterocycles. The van der Waals surface area contributed by atoms with E-state index < -0.39 is 0 Å². The zero-order chi connectivity index (χ0) is 13.5. The molecule has 1 heterocycles. The van der Waals surface area contributed by atoms with Gasteiger partial charge in [-0.15, -0.1) is 0 Å². The molecule has 1 atom stereocenters. The SMILES string of the molecule is CCNCc1cc(C)nc(OC(C)CC(C)C)c1. The Morgan fingerprint density at radius 1 is 1.28 bits per heavy atom. The van der Waals surface area contributed by atoms with E-state index in [2.05, 4.69) is 44.1 Å². The second kappa shape index (κ2) is 7.37. The number of aryl methyl sites for hydroxylation is 1. The van der Waals surface area contributed by atoms with Crippen molar-refractivity contribution in [3.8, 4) is 5.88 Å². The first kappa shape index (κ1) is 15.0. The highest BCUT2D eigenvalue weighted by Crippen LogP contribution is 2.16. The molecule has 0 fully saturated rings. The summed E-state index contributed by atoms with van der Waals surface area (Å²) in [6.07, 6.45) is 1.27. The molecule has 0 aliphatic heterocycles. The molecule has 0 bridgehead atoms. The van der Waals surface area contributed by atoms with E-state index >= 15 is 0 Å². The first-order valence-corrected chi connectivity index (χ1v) is 6.86. The monoisotopic (exact) mass is 250 g/mol. The van der Waals surface area contributed by atoms with Crippen LogP contribution in [0.3, 0.4) is 0 Å². The highest BCUT2D eigenvalue weighted by molar-refractivity contribution is 5.24. The molecule has 0 amide bonds. The van der Waals surface area contributed by atoms with E-state index in [9.17, 15) is 0 Å². The summed E-state index contributed by atoms with van der Waals surface area (Å²) < 4.78 is 5.89. The molecule has 0 saturated carbocycles. The Bertz CT molecular complexity index is 364. The summed E-state index contributed by atoms with van der Waals surface area (Å²) in [5.41, 5.74) is 2.24. The first-order valence-electron chi connectivity index (χ1n) is 6.86. The Morgan fingerprint density at radius 3 is 2.61 bits per heavy atom. The molecule has 18 heavy (non-hydrogen) atoms. The van der Waals surface area contributed by atoms with Crippen molar-refractivity contribution in [2.75, 3.05) is 6.54 Å². The lowest BCUT2D eigenvalue weighted by Crippen LogP contribution is -2.16. The zero-order valence-electron chi connectivity index (χ0n) is 12.3. The topological polar surface area (TPSA) is 34.2 Å². The average molecular weight is 250 g/mol. The van der Waals surface area contributed by atoms with Crippen molar-refractivity contribution in [2.45, 2.75) is 53.7 Å². The number of nitrogens with one attached hydrogen (secondary N) is 1. The summed E-state index contributed by atoms with van der Waals surface area (Å²) in [5, 5.41) is 3.32. The van der Waals surface area contributed by atoms with E-state index in [0.717, 1.165) is 31.1 Å². The lowest BCUT2D eigenvalue weighted by atomic mass is 10.1. The van der Waals surface area contributed by atoms with Gasteiger partial charge in [0.15, 0.2) is 0 Å². The lowest BCUT2D eigenvalue weighted by Gasteiger charge is -2.17. The molecule has 0 spiro atoms. The Balaban J connectivity index is 2.67. The Morgan fingerprint density at radius 2 is 2.00 bits per heavy atom. The van der Waals surface area contributed by atoms with Gasteiger partial charge >= 0.3 is 0 Å². The maximum Gasteiger partial charge on any atom is 0.214 e. The van der Waals surface area contributed by atoms with Crippen molar-refractivity contribution < 1.29 is 4.74 Å². The van der Waals surface area contributed by atoms with Gasteiger partial charge in [0.05, 0.1) is 6.10 Å². The molecule has 0 saturated heterocycles. The maximum atomic E-state index is 5.89. The Kier molecular flexibility index (Phi) is 6.13. The maximum absolute atomic E-state index is 5.89. The number of pyridine rings is 1. The fraction of sp³-hybridized carbons (Fsp3) is 0.667. The third-order valence-corrected chi connectivity index (χ3v) is 2.69. The van der Waals surface area contributed by atoms with Gasteiger partial charge in [-0.05, 0) is 44.4 Å². The van der Waals surface area contributed by atoms with E-state index in [1.807, 2.05) is 13.0 Å². The van der Waals surface area contributed by atoms with Gasteiger partial charge in [-0.25, -0.2) is 4.98 Å². The van der Waals surface area contributed by atoms with Crippen LogP contribution in [0.15, 0.2) is 12.1 Å². The summed E-state index contributed by atoms with van der Waals surface area (Å²) in [6.45, 7) is 12.5. The van der Waals surface area contributed by atoms with Crippen molar-refractivity contribution in [2.24, 2.45) is 5.92 Å². The van der Waals surface area contributed by atoms with Crippen LogP contribution in [0.1, 0.15) is 45.4 Å². The van der Waals surface area contributed by atoms with Crippen LogP contribution in [-0.2, 0) is 6.54 Å². The molecule has 0 aliphatic carbocycles. The molecule has 0 aromatic carbocycles. The first-order chi connectivity index (χ1) is 8.51. The molecule has 3 nitrogen and oxygen atoms in total. The van der Waals surface area contributed by atoms with Crippen molar-refractivity contribution in [3.63, 3.8) is 0 Å². The van der Waals surface area contributed by atoms with Crippen molar-refractivity contribution in [1.82, 2.24) is 10.3 Å². The van der Waals surface area contributed by atoms with Gasteiger partial charge in [0.25, 0.3) is 0 Å². The molecule has 1 rings (SSSR count). The van der Waals surface area contributed by atoms with Gasteiger partial charge in [-0.1, -0.05) is 20.8 Å². The number of ether oxygens (including phenoxy) is 1. The largest absolute Gasteiger partial charge is 0.475 e. The minimum atomic E-state index is 0.214. The van der Waals surface area contributed by atoms with Crippen LogP contribution in [0.4, 0.5) is 0 Å². The molecule has 3 heteroatoms. The van der Waals surface area contributed by atoms with Gasteiger partial charge in [0, 0.05) is 18.3 Å². The van der Waals surface area contributed by atoms with E-state index in [1.54, 1.807) is 0 Å². The third-order valence-electron chi connectivity index (χ3n) is 2.69. The second-order valence-corrected chi connectivity index (χ2v) is 5.29. The van der Waals surface area contributed by atoms with Gasteiger partial charge in [-0.3, -0.25) is 0 Å². The van der Waals surface area contributed by atoms with Crippen molar-refractivity contribution >= 4 is 0 Å². The summed E-state index contributed by atoms with van der Waals surface area (Å²) in [7, 11) is 0. The number of aromatic nitrogens is 1. The van der Waals surface area contributed by atoms with E-state index in [4.69, 9.17) is 4.74 Å². The second-order valence-electron chi connectivity index (χ2n) is 5.29. The molecular weight excluding hydrogens is 224 g/mol. The number of hydrogen-bond acceptors (Lipinski definition) is 3. The van der Waals surface area contributed by atoms with Gasteiger partial charge in [0.1, 0.15) is 0 Å². The van der Waals surface area contributed by atoms with Gasteiger partial charge < -0.3 is 10.1 Å². The van der Waals surface area contributed by atoms with Crippen LogP contribution >= 0.6 is 0 Å². The summed E-state index contributed by atoms with van der Waals surface area (Å²) >= 11 is 0. The normalized spacial score (nSPS) is 12.8. The number of nitrogens with zero attached hydrogens (tertiary/aromatic N) is 1. The third kappa shape index (κ3) is 5.50. The average Bonchev–Trinajstić information content (AvgIpc) is 2.24. The van der Waals surface area contributed by atoms with E-state index in [-0.39, 0.29) is 6.10 Å². The fourth-order valence-corrected chi connectivity index (χ4v) is 2.06. The minimum absolute atomic E-state index is 0.214. The lowest BCUT2D eigenvalue weighted by molar-refractivity contribution is 0.185. The minimum Gasteiger partial charge on any atom is -0.475 e. The fourth-order valence-electron chi connectivity index (χ4n) is 2.06. The standard InChI is InChI=1S/C15H26N2O/c1-6-16-10-14-8-12(4)17-15(9-14)18-13(5)7-11(2)3/h8-9,11,13,16H,6-7,10H2,1-5H3. The number of rotatable bonds is 7. The van der Waals surface area contributed by atoms with E-state index in [1.165, 1.54) is 5.56 Å². The van der Waals surface area contributed by atoms with Crippen LogP contribution in [0.25, 0.3) is 0 Å². The quantitative estimate of drug-likeness (QED) is 0.806. The summed E-state index contributed by atoms with van der Waals surface area (Å²) in [6, 6.07) is 4.13. The summed E-state index contributed by atoms with van der Waals surface area (Å²) in [5.74, 6) is 1.39. The molecule has 1 aromatic rings. The molecular formula is C15H26N2O. The smallest absolute Gasteiger partial charge is 0.214 e. The van der Waals surface area contributed by atoms with Crippen molar-refractivity contribution in [1.29, 1.82) is 0 Å². The highest BCUT2D eigenvalue weighted by Gasteiger charge is 2.08. The molecule has 0 radical (unpaired) electrons. The van der Waals surface area contributed by atoms with Crippen LogP contribution < -0.4 is 10.1 Å².